The predicted octanol–water partition coefficient (Wildman–Crippen LogP) is 1.06. The first-order valence-electron chi connectivity index (χ1n) is 8.33. The molecule has 28 heavy (non-hydrogen) atoms. The van der Waals surface area contributed by atoms with Gasteiger partial charge < -0.3 is 11.1 Å². The van der Waals surface area contributed by atoms with E-state index in [4.69, 9.17) is 11.0 Å². The number of amides is 2. The zero-order chi connectivity index (χ0) is 20.6. The van der Waals surface area contributed by atoms with Gasteiger partial charge in [-0.15, -0.1) is 11.3 Å². The number of nitrogens with one attached hydrogen (secondary N) is 1. The largest absolute Gasteiger partial charge is 0.365 e. The maximum atomic E-state index is 13.0. The van der Waals surface area contributed by atoms with Crippen LogP contribution in [0.2, 0.25) is 0 Å². The van der Waals surface area contributed by atoms with Gasteiger partial charge in [-0.2, -0.15) is 10.4 Å². The molecule has 0 aliphatic rings. The predicted molar refractivity (Wildman–Crippen MR) is 103 cm³/mol. The third kappa shape index (κ3) is 3.03. The first-order valence-corrected chi connectivity index (χ1v) is 9.14. The number of rotatable bonds is 5. The van der Waals surface area contributed by atoms with Gasteiger partial charge in [0.2, 0.25) is 5.91 Å². The van der Waals surface area contributed by atoms with Crippen LogP contribution in [0.4, 0.5) is 5.82 Å². The zero-order valence-electron chi connectivity index (χ0n) is 15.4. The molecule has 0 spiro atoms. The fourth-order valence-corrected chi connectivity index (χ4v) is 3.96. The molecule has 0 bridgehead atoms. The van der Waals surface area contributed by atoms with Gasteiger partial charge in [-0.1, -0.05) is 6.92 Å². The van der Waals surface area contributed by atoms with Gasteiger partial charge in [0.05, 0.1) is 22.8 Å². The van der Waals surface area contributed by atoms with Crippen molar-refractivity contribution < 1.29 is 9.59 Å². The molecule has 0 aromatic carbocycles. The highest BCUT2D eigenvalue weighted by Gasteiger charge is 2.25. The molecule has 3 rings (SSSR count). The number of thiophene rings is 1. The number of hydrogen-bond donors (Lipinski definition) is 2. The van der Waals surface area contributed by atoms with Crippen molar-refractivity contribution >= 4 is 39.2 Å². The molecule has 1 unspecified atom stereocenters. The Labute approximate surface area is 163 Å². The van der Waals surface area contributed by atoms with Crippen molar-refractivity contribution in [3.05, 3.63) is 38.9 Å². The van der Waals surface area contributed by atoms with Gasteiger partial charge in [-0.05, 0) is 18.9 Å². The number of nitrogens with two attached hydrogens (primary N) is 1. The van der Waals surface area contributed by atoms with E-state index >= 15 is 0 Å². The molecule has 0 radical (unpaired) electrons. The van der Waals surface area contributed by atoms with Crippen LogP contribution in [0.3, 0.4) is 0 Å². The van der Waals surface area contributed by atoms with E-state index in [9.17, 15) is 14.4 Å². The number of nitriles is 1. The maximum Gasteiger partial charge on any atom is 0.263 e. The first-order chi connectivity index (χ1) is 13.3. The molecule has 0 aliphatic carbocycles. The number of aryl methyl sites for hydroxylation is 2. The van der Waals surface area contributed by atoms with E-state index in [1.807, 2.05) is 6.07 Å². The smallest absolute Gasteiger partial charge is 0.263 e. The van der Waals surface area contributed by atoms with Gasteiger partial charge in [0.1, 0.15) is 28.3 Å². The zero-order valence-corrected chi connectivity index (χ0v) is 16.2. The summed E-state index contributed by atoms with van der Waals surface area (Å²) < 4.78 is 2.60. The first kappa shape index (κ1) is 19.2. The highest BCUT2D eigenvalue weighted by atomic mass is 32.1. The SMILES string of the molecule is CCC(C(=O)Nc1c(C#N)cnn1C)n1cnc2sc(C(N)=O)c(C)c2c1=O. The summed E-state index contributed by atoms with van der Waals surface area (Å²) in [6.45, 7) is 3.38. The highest BCUT2D eigenvalue weighted by molar-refractivity contribution is 7.20. The molecule has 2 amide bonds. The molecule has 3 N–H and O–H groups in total. The minimum absolute atomic E-state index is 0.214. The van der Waals surface area contributed by atoms with Crippen molar-refractivity contribution in [3.8, 4) is 6.07 Å². The second-order valence-electron chi connectivity index (χ2n) is 6.11. The quantitative estimate of drug-likeness (QED) is 0.655. The molecule has 3 heterocycles. The lowest BCUT2D eigenvalue weighted by Crippen LogP contribution is -2.33. The number of carbonyl (C=O) groups excluding carboxylic acids is 2. The Morgan fingerprint density at radius 3 is 2.79 bits per heavy atom. The molecule has 11 heteroatoms. The fraction of sp³-hybridized carbons (Fsp3) is 0.294. The Kier molecular flexibility index (Phi) is 4.98. The van der Waals surface area contributed by atoms with Gasteiger partial charge in [-0.25, -0.2) is 4.98 Å². The summed E-state index contributed by atoms with van der Waals surface area (Å²) in [7, 11) is 1.59. The minimum Gasteiger partial charge on any atom is -0.365 e. The number of aromatic nitrogens is 4. The summed E-state index contributed by atoms with van der Waals surface area (Å²) in [6.07, 6.45) is 2.94. The van der Waals surface area contributed by atoms with Crippen molar-refractivity contribution in [2.75, 3.05) is 5.32 Å². The molecule has 10 nitrogen and oxygen atoms in total. The second-order valence-corrected chi connectivity index (χ2v) is 7.11. The van der Waals surface area contributed by atoms with Crippen LogP contribution in [0.1, 0.15) is 40.2 Å². The molecule has 0 saturated heterocycles. The Hall–Kier alpha value is -3.52. The second kappa shape index (κ2) is 7.24. The number of carbonyl (C=O) groups is 2. The van der Waals surface area contributed by atoms with E-state index in [0.29, 0.717) is 16.8 Å². The molecule has 0 fully saturated rings. The molecule has 0 saturated carbocycles. The summed E-state index contributed by atoms with van der Waals surface area (Å²) in [4.78, 5) is 42.3. The van der Waals surface area contributed by atoms with E-state index in [2.05, 4.69) is 15.4 Å². The van der Waals surface area contributed by atoms with E-state index in [0.717, 1.165) is 11.3 Å². The normalized spacial score (nSPS) is 11.9. The van der Waals surface area contributed by atoms with E-state index in [1.54, 1.807) is 20.9 Å². The number of fused-ring (bicyclic) bond motifs is 1. The van der Waals surface area contributed by atoms with Crippen LogP contribution in [0.5, 0.6) is 0 Å². The average molecular weight is 399 g/mol. The lowest BCUT2D eigenvalue weighted by Gasteiger charge is -2.17. The highest BCUT2D eigenvalue weighted by Crippen LogP contribution is 2.27. The summed E-state index contributed by atoms with van der Waals surface area (Å²) >= 11 is 1.05. The van der Waals surface area contributed by atoms with Gasteiger partial charge in [0.15, 0.2) is 0 Å². The molecule has 3 aromatic heterocycles. The lowest BCUT2D eigenvalue weighted by atomic mass is 10.1. The molecular weight excluding hydrogens is 382 g/mol. The number of hydrogen-bond acceptors (Lipinski definition) is 7. The van der Waals surface area contributed by atoms with Gasteiger partial charge in [0.25, 0.3) is 11.5 Å². The Morgan fingerprint density at radius 2 is 2.18 bits per heavy atom. The van der Waals surface area contributed by atoms with Crippen molar-refractivity contribution in [3.63, 3.8) is 0 Å². The maximum absolute atomic E-state index is 13.0. The Morgan fingerprint density at radius 1 is 1.46 bits per heavy atom. The fourth-order valence-electron chi connectivity index (χ4n) is 2.97. The summed E-state index contributed by atoms with van der Waals surface area (Å²) in [6, 6.07) is 1.09. The number of primary amides is 1. The van der Waals surface area contributed by atoms with Crippen LogP contribution in [-0.2, 0) is 11.8 Å². The van der Waals surface area contributed by atoms with Crippen LogP contribution >= 0.6 is 11.3 Å². The number of nitrogens with zero attached hydrogens (tertiary/aromatic N) is 5. The molecule has 0 aliphatic heterocycles. The van der Waals surface area contributed by atoms with Crippen molar-refractivity contribution in [2.24, 2.45) is 12.8 Å². The van der Waals surface area contributed by atoms with E-state index in [1.165, 1.54) is 21.8 Å². The van der Waals surface area contributed by atoms with Crippen molar-refractivity contribution in [1.29, 1.82) is 5.26 Å². The molecule has 144 valence electrons. The standard InChI is InChI=1S/C17H17N7O3S/c1-4-10(15(26)22-14-9(5-18)6-21-23(14)3)24-7-20-16-11(17(24)27)8(2)12(28-16)13(19)25/h6-7,10H,4H2,1-3H3,(H2,19,25)(H,22,26). The lowest BCUT2D eigenvalue weighted by molar-refractivity contribution is -0.119. The van der Waals surface area contributed by atoms with Gasteiger partial charge in [-0.3, -0.25) is 23.6 Å². The third-order valence-electron chi connectivity index (χ3n) is 4.43. The van der Waals surface area contributed by atoms with Crippen LogP contribution in [0, 0.1) is 18.3 Å². The average Bonchev–Trinajstić information content (AvgIpc) is 3.18. The van der Waals surface area contributed by atoms with Crippen molar-refractivity contribution in [2.45, 2.75) is 26.3 Å². The van der Waals surface area contributed by atoms with Crippen LogP contribution in [0.25, 0.3) is 10.2 Å². The third-order valence-corrected chi connectivity index (χ3v) is 5.64. The van der Waals surface area contributed by atoms with Crippen LogP contribution in [-0.4, -0.2) is 31.1 Å². The Bertz CT molecular complexity index is 1200. The minimum atomic E-state index is -0.859. The molecule has 1 atom stereocenters. The van der Waals surface area contributed by atoms with Crippen molar-refractivity contribution in [1.82, 2.24) is 19.3 Å². The monoisotopic (exact) mass is 399 g/mol. The van der Waals surface area contributed by atoms with Gasteiger partial charge >= 0.3 is 0 Å². The van der Waals surface area contributed by atoms with Crippen LogP contribution < -0.4 is 16.6 Å². The topological polar surface area (TPSA) is 149 Å². The summed E-state index contributed by atoms with van der Waals surface area (Å²) in [5, 5.41) is 16.0. The molecular formula is C17H17N7O3S. The van der Waals surface area contributed by atoms with Gasteiger partial charge in [0, 0.05) is 7.05 Å². The summed E-state index contributed by atoms with van der Waals surface area (Å²) in [5.41, 5.74) is 5.59. The summed E-state index contributed by atoms with van der Waals surface area (Å²) in [5.74, 6) is -0.860. The number of anilines is 1. The van der Waals surface area contributed by atoms with E-state index < -0.39 is 23.4 Å². The Balaban J connectivity index is 2.05. The molecule has 3 aromatic rings. The van der Waals surface area contributed by atoms with E-state index in [-0.39, 0.29) is 21.6 Å². The van der Waals surface area contributed by atoms with Crippen LogP contribution in [0.15, 0.2) is 17.3 Å².